The molecule has 0 saturated carbocycles. The first kappa shape index (κ1) is 13.9. The fourth-order valence-corrected chi connectivity index (χ4v) is 3.19. The normalized spacial score (nSPS) is 18.9. The van der Waals surface area contributed by atoms with Crippen molar-refractivity contribution in [3.63, 3.8) is 0 Å². The molecule has 1 amide bonds. The van der Waals surface area contributed by atoms with Gasteiger partial charge in [-0.1, -0.05) is 6.07 Å². The topological polar surface area (TPSA) is 85.4 Å². The molecule has 0 spiro atoms. The second-order valence-electron chi connectivity index (χ2n) is 6.08. The van der Waals surface area contributed by atoms with E-state index in [2.05, 4.69) is 10.4 Å². The van der Waals surface area contributed by atoms with E-state index in [0.717, 1.165) is 5.56 Å². The molecule has 3 heterocycles. The van der Waals surface area contributed by atoms with Crippen LogP contribution in [0.25, 0.3) is 0 Å². The lowest BCUT2D eigenvalue weighted by Crippen LogP contribution is -2.27. The number of amides is 1. The van der Waals surface area contributed by atoms with Crippen LogP contribution >= 0.6 is 0 Å². The van der Waals surface area contributed by atoms with Crippen LogP contribution in [0.5, 0.6) is 11.5 Å². The van der Waals surface area contributed by atoms with Crippen molar-refractivity contribution in [1.29, 1.82) is 0 Å². The molecule has 0 aliphatic carbocycles. The third kappa shape index (κ3) is 2.11. The zero-order chi connectivity index (χ0) is 16.1. The van der Waals surface area contributed by atoms with Gasteiger partial charge in [0, 0.05) is 18.4 Å². The van der Waals surface area contributed by atoms with Crippen molar-refractivity contribution in [3.8, 4) is 11.5 Å². The molecular weight excluding hydrogens is 298 g/mol. The number of H-pyrrole nitrogens is 1. The molecule has 1 aromatic heterocycles. The fourth-order valence-electron chi connectivity index (χ4n) is 3.19. The minimum Gasteiger partial charge on any atom is -0.454 e. The number of hydrogen-bond acceptors (Lipinski definition) is 4. The summed E-state index contributed by atoms with van der Waals surface area (Å²) in [7, 11) is 0. The molecule has 7 nitrogen and oxygen atoms in total. The van der Waals surface area contributed by atoms with Crippen molar-refractivity contribution in [2.75, 3.05) is 12.1 Å². The highest BCUT2D eigenvalue weighted by Crippen LogP contribution is 2.40. The van der Waals surface area contributed by atoms with E-state index in [9.17, 15) is 9.59 Å². The van der Waals surface area contributed by atoms with E-state index in [1.807, 2.05) is 32.0 Å². The fraction of sp³-hybridized carbons (Fsp3) is 0.375. The summed E-state index contributed by atoms with van der Waals surface area (Å²) >= 11 is 0. The number of rotatable bonds is 2. The number of hydrogen-bond donors (Lipinski definition) is 2. The molecule has 0 unspecified atom stereocenters. The maximum atomic E-state index is 12.4. The molecule has 7 heteroatoms. The zero-order valence-electron chi connectivity index (χ0n) is 12.9. The van der Waals surface area contributed by atoms with Crippen molar-refractivity contribution in [1.82, 2.24) is 9.78 Å². The number of carbonyl (C=O) groups excluding carboxylic acids is 1. The van der Waals surface area contributed by atoms with Gasteiger partial charge in [-0.05, 0) is 31.5 Å². The maximum absolute atomic E-state index is 12.4. The van der Waals surface area contributed by atoms with Gasteiger partial charge in [0.15, 0.2) is 11.5 Å². The lowest BCUT2D eigenvalue weighted by molar-refractivity contribution is -0.116. The van der Waals surface area contributed by atoms with E-state index in [-0.39, 0.29) is 36.6 Å². The number of aromatic nitrogens is 2. The second kappa shape index (κ2) is 4.91. The second-order valence-corrected chi connectivity index (χ2v) is 6.08. The molecule has 0 bridgehead atoms. The van der Waals surface area contributed by atoms with Crippen LogP contribution < -0.4 is 20.3 Å². The van der Waals surface area contributed by atoms with E-state index in [1.165, 1.54) is 0 Å². The third-order valence-electron chi connectivity index (χ3n) is 4.27. The highest BCUT2D eigenvalue weighted by atomic mass is 16.7. The summed E-state index contributed by atoms with van der Waals surface area (Å²) in [6.45, 7) is 4.10. The zero-order valence-corrected chi connectivity index (χ0v) is 12.9. The molecule has 2 aliphatic heterocycles. The summed E-state index contributed by atoms with van der Waals surface area (Å²) < 4.78 is 12.4. The summed E-state index contributed by atoms with van der Waals surface area (Å²) in [4.78, 5) is 24.6. The van der Waals surface area contributed by atoms with E-state index in [1.54, 1.807) is 4.68 Å². The minimum absolute atomic E-state index is 0.0438. The average molecular weight is 315 g/mol. The van der Waals surface area contributed by atoms with E-state index in [0.29, 0.717) is 22.9 Å². The number of fused-ring (bicyclic) bond motifs is 2. The first-order chi connectivity index (χ1) is 11.0. The van der Waals surface area contributed by atoms with Crippen LogP contribution in [0.15, 0.2) is 23.0 Å². The summed E-state index contributed by atoms with van der Waals surface area (Å²) in [6.07, 6.45) is 0.234. The minimum atomic E-state index is -0.294. The third-order valence-corrected chi connectivity index (χ3v) is 4.27. The largest absolute Gasteiger partial charge is 0.454 e. The lowest BCUT2D eigenvalue weighted by atomic mass is 9.87. The summed E-state index contributed by atoms with van der Waals surface area (Å²) in [5.41, 5.74) is 1.30. The van der Waals surface area contributed by atoms with Crippen LogP contribution in [-0.2, 0) is 4.79 Å². The van der Waals surface area contributed by atoms with Crippen LogP contribution in [0.2, 0.25) is 0 Å². The van der Waals surface area contributed by atoms with Gasteiger partial charge in [0.25, 0.3) is 5.56 Å². The van der Waals surface area contributed by atoms with E-state index in [4.69, 9.17) is 9.47 Å². The van der Waals surface area contributed by atoms with E-state index >= 15 is 0 Å². The average Bonchev–Trinajstić information content (AvgIpc) is 3.10. The number of ether oxygens (including phenoxy) is 2. The molecule has 2 N–H and O–H groups in total. The highest BCUT2D eigenvalue weighted by molar-refractivity contribution is 5.94. The van der Waals surface area contributed by atoms with Gasteiger partial charge in [0.2, 0.25) is 12.7 Å². The number of aromatic amines is 1. The van der Waals surface area contributed by atoms with Gasteiger partial charge in [-0.3, -0.25) is 19.4 Å². The Morgan fingerprint density at radius 2 is 2.00 bits per heavy atom. The molecule has 2 aliphatic rings. The van der Waals surface area contributed by atoms with Gasteiger partial charge in [0.1, 0.15) is 5.82 Å². The smallest absolute Gasteiger partial charge is 0.270 e. The lowest BCUT2D eigenvalue weighted by Gasteiger charge is -2.24. The number of nitrogens with zero attached hydrogens (tertiary/aromatic N) is 1. The maximum Gasteiger partial charge on any atom is 0.270 e. The first-order valence-corrected chi connectivity index (χ1v) is 7.58. The van der Waals surface area contributed by atoms with Crippen LogP contribution in [-0.4, -0.2) is 22.5 Å². The Labute approximate surface area is 132 Å². The standard InChI is InChI=1S/C16H17N3O4/c1-8(2)19-15-14(16(21)18-19)10(6-13(20)17-15)9-3-4-11-12(5-9)23-7-22-11/h3-5,8,10H,6-7H2,1-2H3,(H,17,20)(H,18,21)/t10-/m1/s1. The monoisotopic (exact) mass is 315 g/mol. The molecule has 23 heavy (non-hydrogen) atoms. The predicted octanol–water partition coefficient (Wildman–Crippen LogP) is 1.96. The highest BCUT2D eigenvalue weighted by Gasteiger charge is 2.33. The van der Waals surface area contributed by atoms with Gasteiger partial charge < -0.3 is 14.8 Å². The molecule has 0 fully saturated rings. The van der Waals surface area contributed by atoms with Crippen LogP contribution in [0.1, 0.15) is 43.4 Å². The van der Waals surface area contributed by atoms with Gasteiger partial charge in [-0.2, -0.15) is 0 Å². The number of anilines is 1. The quantitative estimate of drug-likeness (QED) is 0.887. The predicted molar refractivity (Wildman–Crippen MR) is 83.1 cm³/mol. The Morgan fingerprint density at radius 1 is 1.22 bits per heavy atom. The van der Waals surface area contributed by atoms with Crippen molar-refractivity contribution in [2.45, 2.75) is 32.2 Å². The Kier molecular flexibility index (Phi) is 2.97. The van der Waals surface area contributed by atoms with Crippen molar-refractivity contribution in [3.05, 3.63) is 39.7 Å². The summed E-state index contributed by atoms with van der Waals surface area (Å²) in [6, 6.07) is 5.59. The number of nitrogens with one attached hydrogen (secondary N) is 2. The first-order valence-electron chi connectivity index (χ1n) is 7.58. The molecule has 2 aromatic rings. The Morgan fingerprint density at radius 3 is 2.78 bits per heavy atom. The molecular formula is C16H17N3O4. The van der Waals surface area contributed by atoms with Gasteiger partial charge in [-0.25, -0.2) is 0 Å². The molecule has 1 atom stereocenters. The van der Waals surface area contributed by atoms with Gasteiger partial charge in [-0.15, -0.1) is 0 Å². The molecule has 120 valence electrons. The van der Waals surface area contributed by atoms with Crippen molar-refractivity contribution >= 4 is 11.7 Å². The van der Waals surface area contributed by atoms with Gasteiger partial charge in [0.05, 0.1) is 5.56 Å². The molecule has 4 rings (SSSR count). The Bertz CT molecular complexity index is 849. The van der Waals surface area contributed by atoms with Gasteiger partial charge >= 0.3 is 0 Å². The van der Waals surface area contributed by atoms with Crippen LogP contribution in [0.3, 0.4) is 0 Å². The summed E-state index contributed by atoms with van der Waals surface area (Å²) in [5.74, 6) is 1.49. The van der Waals surface area contributed by atoms with Crippen molar-refractivity contribution in [2.24, 2.45) is 0 Å². The number of carbonyl (C=O) groups is 1. The SMILES string of the molecule is CC(C)n1[nH]c(=O)c2c1NC(=O)C[C@@H]2c1ccc2c(c1)OCO2. The Balaban J connectivity index is 1.85. The van der Waals surface area contributed by atoms with E-state index < -0.39 is 0 Å². The van der Waals surface area contributed by atoms with Crippen molar-refractivity contribution < 1.29 is 14.3 Å². The summed E-state index contributed by atoms with van der Waals surface area (Å²) in [5, 5.41) is 5.64. The van der Waals surface area contributed by atoms with Crippen LogP contribution in [0.4, 0.5) is 5.82 Å². The molecule has 1 aromatic carbocycles. The molecule has 0 radical (unpaired) electrons. The van der Waals surface area contributed by atoms with Crippen LogP contribution in [0, 0.1) is 0 Å². The molecule has 0 saturated heterocycles. The Hall–Kier alpha value is -2.70. The number of benzene rings is 1.